The molecule has 2 rings (SSSR count). The first kappa shape index (κ1) is 15.9. The van der Waals surface area contributed by atoms with Gasteiger partial charge in [0.05, 0.1) is 0 Å². The van der Waals surface area contributed by atoms with E-state index in [0.717, 1.165) is 4.90 Å². The summed E-state index contributed by atoms with van der Waals surface area (Å²) in [4.78, 5) is 25.4. The molecule has 1 aliphatic rings. The SMILES string of the molecule is O=C(c1ccc(Br)o1)N1CCCN(C(=O)C(F)(F)F)CC1. The number of alkyl halides is 3. The number of hydrogen-bond acceptors (Lipinski definition) is 3. The minimum atomic E-state index is -4.88. The molecule has 0 aromatic carbocycles. The zero-order chi connectivity index (χ0) is 15.6. The van der Waals surface area contributed by atoms with E-state index >= 15 is 0 Å². The summed E-state index contributed by atoms with van der Waals surface area (Å²) in [5.41, 5.74) is 0. The molecule has 2 heterocycles. The fourth-order valence-electron chi connectivity index (χ4n) is 2.09. The highest BCUT2D eigenvalue weighted by Gasteiger charge is 2.42. The monoisotopic (exact) mass is 368 g/mol. The summed E-state index contributed by atoms with van der Waals surface area (Å²) in [7, 11) is 0. The highest BCUT2D eigenvalue weighted by molar-refractivity contribution is 9.10. The Morgan fingerprint density at radius 1 is 1.10 bits per heavy atom. The quantitative estimate of drug-likeness (QED) is 0.764. The molecule has 0 radical (unpaired) electrons. The zero-order valence-corrected chi connectivity index (χ0v) is 12.4. The van der Waals surface area contributed by atoms with Crippen LogP contribution in [0, 0.1) is 0 Å². The fraction of sp³-hybridized carbons (Fsp3) is 0.500. The first-order valence-electron chi connectivity index (χ1n) is 6.20. The molecule has 5 nitrogen and oxygen atoms in total. The zero-order valence-electron chi connectivity index (χ0n) is 10.8. The van der Waals surface area contributed by atoms with Crippen LogP contribution in [-0.4, -0.2) is 54.0 Å². The predicted octanol–water partition coefficient (Wildman–Crippen LogP) is 2.28. The van der Waals surface area contributed by atoms with Crippen molar-refractivity contribution in [1.29, 1.82) is 0 Å². The number of rotatable bonds is 1. The maximum atomic E-state index is 12.4. The largest absolute Gasteiger partial charge is 0.471 e. The van der Waals surface area contributed by atoms with Crippen molar-refractivity contribution in [2.75, 3.05) is 26.2 Å². The Bertz CT molecular complexity index is 544. The van der Waals surface area contributed by atoms with Gasteiger partial charge in [0.25, 0.3) is 5.91 Å². The van der Waals surface area contributed by atoms with Crippen LogP contribution in [0.1, 0.15) is 17.0 Å². The van der Waals surface area contributed by atoms with Crippen molar-refractivity contribution in [3.8, 4) is 0 Å². The van der Waals surface area contributed by atoms with Crippen molar-refractivity contribution in [3.05, 3.63) is 22.6 Å². The molecule has 0 atom stereocenters. The topological polar surface area (TPSA) is 53.8 Å². The Labute approximate surface area is 126 Å². The molecule has 0 aliphatic carbocycles. The third-order valence-electron chi connectivity index (χ3n) is 3.10. The molecule has 1 fully saturated rings. The Morgan fingerprint density at radius 2 is 1.71 bits per heavy atom. The summed E-state index contributed by atoms with van der Waals surface area (Å²) in [6.07, 6.45) is -4.60. The van der Waals surface area contributed by atoms with Gasteiger partial charge in [0, 0.05) is 26.2 Å². The van der Waals surface area contributed by atoms with E-state index < -0.39 is 18.0 Å². The van der Waals surface area contributed by atoms with E-state index in [9.17, 15) is 22.8 Å². The first-order valence-corrected chi connectivity index (χ1v) is 6.99. The van der Waals surface area contributed by atoms with Crippen molar-refractivity contribution >= 4 is 27.7 Å². The van der Waals surface area contributed by atoms with Gasteiger partial charge in [0.1, 0.15) is 0 Å². The molecule has 0 saturated carbocycles. The molecule has 1 aromatic rings. The third kappa shape index (κ3) is 3.78. The Hall–Kier alpha value is -1.51. The Kier molecular flexibility index (Phi) is 4.60. The smallest absolute Gasteiger partial charge is 0.444 e. The van der Waals surface area contributed by atoms with Gasteiger partial charge in [-0.1, -0.05) is 0 Å². The van der Waals surface area contributed by atoms with E-state index in [0.29, 0.717) is 4.67 Å². The summed E-state index contributed by atoms with van der Waals surface area (Å²) >= 11 is 3.08. The van der Waals surface area contributed by atoms with Crippen LogP contribution in [0.4, 0.5) is 13.2 Å². The van der Waals surface area contributed by atoms with Crippen molar-refractivity contribution < 1.29 is 27.2 Å². The number of amides is 2. The van der Waals surface area contributed by atoms with Gasteiger partial charge in [-0.05, 0) is 34.5 Å². The first-order chi connectivity index (χ1) is 9.79. The maximum Gasteiger partial charge on any atom is 0.471 e. The second kappa shape index (κ2) is 6.08. The Morgan fingerprint density at radius 3 is 2.29 bits per heavy atom. The fourth-order valence-corrected chi connectivity index (χ4v) is 2.39. The van der Waals surface area contributed by atoms with Gasteiger partial charge >= 0.3 is 12.1 Å². The van der Waals surface area contributed by atoms with Gasteiger partial charge in [0.2, 0.25) is 0 Å². The molecule has 21 heavy (non-hydrogen) atoms. The molecule has 0 unspecified atom stereocenters. The van der Waals surface area contributed by atoms with Crippen molar-refractivity contribution in [2.45, 2.75) is 12.6 Å². The molecule has 0 N–H and O–H groups in total. The van der Waals surface area contributed by atoms with E-state index in [1.807, 2.05) is 0 Å². The third-order valence-corrected chi connectivity index (χ3v) is 3.52. The van der Waals surface area contributed by atoms with Crippen LogP contribution in [-0.2, 0) is 4.79 Å². The standard InChI is InChI=1S/C12H12BrF3N2O3/c13-9-3-2-8(21-9)10(19)17-4-1-5-18(7-6-17)11(20)12(14,15)16/h2-3H,1,4-7H2. The van der Waals surface area contributed by atoms with E-state index in [1.54, 1.807) is 6.07 Å². The second-order valence-corrected chi connectivity index (χ2v) is 5.32. The van der Waals surface area contributed by atoms with Crippen LogP contribution in [0.5, 0.6) is 0 Å². The van der Waals surface area contributed by atoms with Gasteiger partial charge in [-0.25, -0.2) is 0 Å². The molecule has 116 valence electrons. The molecule has 1 saturated heterocycles. The number of hydrogen-bond donors (Lipinski definition) is 0. The number of nitrogens with zero attached hydrogens (tertiary/aromatic N) is 2. The lowest BCUT2D eigenvalue weighted by molar-refractivity contribution is -0.185. The van der Waals surface area contributed by atoms with Crippen LogP contribution in [0.2, 0.25) is 0 Å². The number of furan rings is 1. The molecule has 0 bridgehead atoms. The van der Waals surface area contributed by atoms with Crippen LogP contribution in [0.15, 0.2) is 21.2 Å². The molecule has 0 spiro atoms. The van der Waals surface area contributed by atoms with Gasteiger partial charge in [0.15, 0.2) is 10.4 Å². The average Bonchev–Trinajstić information content (AvgIpc) is 2.71. The van der Waals surface area contributed by atoms with Crippen LogP contribution < -0.4 is 0 Å². The minimum Gasteiger partial charge on any atom is -0.444 e. The Balaban J connectivity index is 2.01. The lowest BCUT2D eigenvalue weighted by Crippen LogP contribution is -2.43. The lowest BCUT2D eigenvalue weighted by Gasteiger charge is -2.22. The van der Waals surface area contributed by atoms with E-state index in [4.69, 9.17) is 4.42 Å². The highest BCUT2D eigenvalue weighted by atomic mass is 79.9. The summed E-state index contributed by atoms with van der Waals surface area (Å²) < 4.78 is 42.7. The number of carbonyl (C=O) groups excluding carboxylic acids is 2. The molecule has 2 amide bonds. The average molecular weight is 369 g/mol. The molecule has 1 aromatic heterocycles. The second-order valence-electron chi connectivity index (χ2n) is 4.54. The highest BCUT2D eigenvalue weighted by Crippen LogP contribution is 2.20. The normalized spacial score (nSPS) is 16.8. The van der Waals surface area contributed by atoms with Crippen LogP contribution in [0.3, 0.4) is 0 Å². The van der Waals surface area contributed by atoms with Crippen molar-refractivity contribution in [2.24, 2.45) is 0 Å². The molecule has 1 aliphatic heterocycles. The number of halogens is 4. The van der Waals surface area contributed by atoms with Gasteiger partial charge in [-0.2, -0.15) is 13.2 Å². The molecular weight excluding hydrogens is 357 g/mol. The van der Waals surface area contributed by atoms with E-state index in [2.05, 4.69) is 15.9 Å². The summed E-state index contributed by atoms with van der Waals surface area (Å²) in [5.74, 6) is -2.16. The summed E-state index contributed by atoms with van der Waals surface area (Å²) in [5, 5.41) is 0. The van der Waals surface area contributed by atoms with Gasteiger partial charge in [-0.15, -0.1) is 0 Å². The van der Waals surface area contributed by atoms with Crippen molar-refractivity contribution in [1.82, 2.24) is 9.80 Å². The van der Waals surface area contributed by atoms with Crippen LogP contribution in [0.25, 0.3) is 0 Å². The van der Waals surface area contributed by atoms with Gasteiger partial charge in [-0.3, -0.25) is 9.59 Å². The lowest BCUT2D eigenvalue weighted by atomic mass is 10.3. The molecular formula is C12H12BrF3N2O3. The van der Waals surface area contributed by atoms with E-state index in [1.165, 1.54) is 11.0 Å². The predicted molar refractivity (Wildman–Crippen MR) is 69.6 cm³/mol. The van der Waals surface area contributed by atoms with E-state index in [-0.39, 0.29) is 38.4 Å². The summed E-state index contributed by atoms with van der Waals surface area (Å²) in [6, 6.07) is 3.04. The summed E-state index contributed by atoms with van der Waals surface area (Å²) in [6.45, 7) is 0.147. The van der Waals surface area contributed by atoms with Crippen LogP contribution >= 0.6 is 15.9 Å². The van der Waals surface area contributed by atoms with Crippen molar-refractivity contribution in [3.63, 3.8) is 0 Å². The minimum absolute atomic E-state index is 0.0238. The maximum absolute atomic E-state index is 12.4. The molecule has 9 heteroatoms. The number of carbonyl (C=O) groups is 2. The van der Waals surface area contributed by atoms with Gasteiger partial charge < -0.3 is 14.2 Å².